The van der Waals surface area contributed by atoms with E-state index in [1.165, 1.54) is 37.6 Å². The topological polar surface area (TPSA) is 76.5 Å². The first kappa shape index (κ1) is 13.7. The number of aromatic nitrogens is 1. The number of hydrogen-bond acceptors (Lipinski definition) is 4. The number of carboxylic acids is 1. The second-order valence-electron chi connectivity index (χ2n) is 3.89. The minimum atomic E-state index is -1.20. The van der Waals surface area contributed by atoms with Gasteiger partial charge in [-0.15, -0.1) is 0 Å². The van der Waals surface area contributed by atoms with Crippen LogP contribution in [-0.4, -0.2) is 29.1 Å². The predicted molar refractivity (Wildman–Crippen MR) is 67.9 cm³/mol. The van der Waals surface area contributed by atoms with E-state index >= 15 is 0 Å². The fraction of sp³-hybridized carbons (Fsp3) is 0.0714. The highest BCUT2D eigenvalue weighted by atomic mass is 19.1. The monoisotopic (exact) mass is 275 g/mol. The summed E-state index contributed by atoms with van der Waals surface area (Å²) in [5, 5.41) is 9.21. The maximum absolute atomic E-state index is 12.9. The molecule has 0 spiro atoms. The van der Waals surface area contributed by atoms with Crippen molar-refractivity contribution < 1.29 is 23.8 Å². The smallest absolute Gasteiger partial charge is 0.338 e. The van der Waals surface area contributed by atoms with Crippen LogP contribution in [0.25, 0.3) is 11.1 Å². The first-order chi connectivity index (χ1) is 9.54. The van der Waals surface area contributed by atoms with Crippen molar-refractivity contribution in [2.45, 2.75) is 0 Å². The fourth-order valence-electron chi connectivity index (χ4n) is 1.85. The molecule has 1 aromatic carbocycles. The molecule has 0 amide bonds. The first-order valence-corrected chi connectivity index (χ1v) is 5.61. The van der Waals surface area contributed by atoms with Gasteiger partial charge in [0.1, 0.15) is 0 Å². The number of carbonyl (C=O) groups is 2. The predicted octanol–water partition coefficient (Wildman–Crippen LogP) is 2.37. The molecule has 0 aliphatic carbocycles. The quantitative estimate of drug-likeness (QED) is 0.687. The molecule has 0 saturated carbocycles. The van der Waals surface area contributed by atoms with Gasteiger partial charge in [0.15, 0.2) is 0 Å². The molecule has 2 rings (SSSR count). The van der Waals surface area contributed by atoms with E-state index in [9.17, 15) is 19.1 Å². The maximum Gasteiger partial charge on any atom is 0.338 e. The van der Waals surface area contributed by atoms with Gasteiger partial charge in [-0.1, -0.05) is 6.07 Å². The van der Waals surface area contributed by atoms with E-state index < -0.39 is 17.9 Å². The van der Waals surface area contributed by atoms with Gasteiger partial charge in [0, 0.05) is 17.3 Å². The lowest BCUT2D eigenvalue weighted by Crippen LogP contribution is -2.09. The molecule has 102 valence electrons. The van der Waals surface area contributed by atoms with Crippen LogP contribution in [0.4, 0.5) is 4.39 Å². The molecule has 5 nitrogen and oxygen atoms in total. The Labute approximate surface area is 113 Å². The van der Waals surface area contributed by atoms with E-state index in [1.807, 2.05) is 0 Å². The molecule has 0 aliphatic rings. The Bertz CT molecular complexity index is 667. The highest BCUT2D eigenvalue weighted by molar-refractivity contribution is 6.05. The Morgan fingerprint density at radius 2 is 1.90 bits per heavy atom. The molecule has 0 atom stereocenters. The summed E-state index contributed by atoms with van der Waals surface area (Å²) in [6.07, 6.45) is 1.17. The van der Waals surface area contributed by atoms with Gasteiger partial charge in [-0.05, 0) is 24.3 Å². The summed E-state index contributed by atoms with van der Waals surface area (Å²) >= 11 is 0. The van der Waals surface area contributed by atoms with Crippen LogP contribution in [0.15, 0.2) is 36.5 Å². The number of halogens is 1. The summed E-state index contributed by atoms with van der Waals surface area (Å²) < 4.78 is 17.5. The number of aromatic carboxylic acids is 1. The average molecular weight is 275 g/mol. The molecule has 1 N–H and O–H groups in total. The van der Waals surface area contributed by atoms with E-state index in [0.717, 1.165) is 6.07 Å². The maximum atomic E-state index is 12.9. The van der Waals surface area contributed by atoms with Crippen molar-refractivity contribution >= 4 is 11.9 Å². The first-order valence-electron chi connectivity index (χ1n) is 5.61. The highest BCUT2D eigenvalue weighted by Gasteiger charge is 2.20. The number of carbonyl (C=O) groups excluding carboxylic acids is 1. The molecule has 0 bridgehead atoms. The summed E-state index contributed by atoms with van der Waals surface area (Å²) in [6, 6.07) is 6.69. The van der Waals surface area contributed by atoms with Gasteiger partial charge in [-0.3, -0.25) is 0 Å². The standard InChI is InChI=1S/C14H10FNO4/c1-20-14(19)10-4-2-3-9(13(17)18)12(10)8-5-6-11(15)16-7-8/h2-7H,1H3,(H,17,18). The number of methoxy groups -OCH3 is 1. The van der Waals surface area contributed by atoms with Crippen LogP contribution < -0.4 is 0 Å². The Hall–Kier alpha value is -2.76. The molecular formula is C14H10FNO4. The lowest BCUT2D eigenvalue weighted by atomic mass is 9.95. The number of carboxylic acid groups (broad SMARTS) is 1. The summed E-state index contributed by atoms with van der Waals surface area (Å²) in [7, 11) is 1.20. The van der Waals surface area contributed by atoms with Crippen molar-refractivity contribution in [1.29, 1.82) is 0 Å². The highest BCUT2D eigenvalue weighted by Crippen LogP contribution is 2.28. The van der Waals surface area contributed by atoms with Crippen LogP contribution in [0.1, 0.15) is 20.7 Å². The third-order valence-corrected chi connectivity index (χ3v) is 2.72. The molecule has 6 heteroatoms. The van der Waals surface area contributed by atoms with Crippen LogP contribution in [0, 0.1) is 5.95 Å². The van der Waals surface area contributed by atoms with Crippen molar-refractivity contribution in [2.75, 3.05) is 7.11 Å². The van der Waals surface area contributed by atoms with Crippen molar-refractivity contribution in [2.24, 2.45) is 0 Å². The number of esters is 1. The zero-order chi connectivity index (χ0) is 14.7. The van der Waals surface area contributed by atoms with E-state index in [2.05, 4.69) is 9.72 Å². The largest absolute Gasteiger partial charge is 0.478 e. The SMILES string of the molecule is COC(=O)c1cccc(C(=O)O)c1-c1ccc(F)nc1. The van der Waals surface area contributed by atoms with Gasteiger partial charge < -0.3 is 9.84 Å². The van der Waals surface area contributed by atoms with Crippen LogP contribution in [0.3, 0.4) is 0 Å². The second-order valence-corrected chi connectivity index (χ2v) is 3.89. The molecule has 20 heavy (non-hydrogen) atoms. The number of hydrogen-bond donors (Lipinski definition) is 1. The molecule has 1 heterocycles. The van der Waals surface area contributed by atoms with Crippen LogP contribution in [-0.2, 0) is 4.74 Å². The lowest BCUT2D eigenvalue weighted by molar-refractivity contribution is 0.0601. The van der Waals surface area contributed by atoms with E-state index in [0.29, 0.717) is 5.56 Å². The van der Waals surface area contributed by atoms with Crippen molar-refractivity contribution in [3.8, 4) is 11.1 Å². The summed E-state index contributed by atoms with van der Waals surface area (Å²) in [6.45, 7) is 0. The number of benzene rings is 1. The Morgan fingerprint density at radius 1 is 1.20 bits per heavy atom. The van der Waals surface area contributed by atoms with Crippen LogP contribution >= 0.6 is 0 Å². The third kappa shape index (κ3) is 2.49. The Kier molecular flexibility index (Phi) is 3.74. The second kappa shape index (κ2) is 5.48. The molecule has 0 fully saturated rings. The van der Waals surface area contributed by atoms with Gasteiger partial charge in [0.25, 0.3) is 0 Å². The summed E-state index contributed by atoms with van der Waals surface area (Å²) in [5.41, 5.74) is 0.478. The number of rotatable bonds is 3. The molecule has 0 unspecified atom stereocenters. The van der Waals surface area contributed by atoms with Gasteiger partial charge in [-0.25, -0.2) is 14.6 Å². The minimum absolute atomic E-state index is 0.0821. The van der Waals surface area contributed by atoms with Gasteiger partial charge in [0.2, 0.25) is 5.95 Å². The third-order valence-electron chi connectivity index (χ3n) is 2.72. The van der Waals surface area contributed by atoms with Crippen molar-refractivity contribution in [3.05, 3.63) is 53.6 Å². The number of nitrogens with zero attached hydrogens (tertiary/aromatic N) is 1. The van der Waals surface area contributed by atoms with Crippen molar-refractivity contribution in [3.63, 3.8) is 0 Å². The van der Waals surface area contributed by atoms with Gasteiger partial charge in [0.05, 0.1) is 18.2 Å². The number of pyridine rings is 1. The van der Waals surface area contributed by atoms with Crippen molar-refractivity contribution in [1.82, 2.24) is 4.98 Å². The van der Waals surface area contributed by atoms with Crippen LogP contribution in [0.5, 0.6) is 0 Å². The Balaban J connectivity index is 2.72. The molecule has 1 aromatic heterocycles. The average Bonchev–Trinajstić information content (AvgIpc) is 2.46. The van der Waals surface area contributed by atoms with Gasteiger partial charge >= 0.3 is 11.9 Å². The molecular weight excluding hydrogens is 265 g/mol. The molecule has 0 aliphatic heterocycles. The lowest BCUT2D eigenvalue weighted by Gasteiger charge is -2.11. The summed E-state index contributed by atoms with van der Waals surface area (Å²) in [5.74, 6) is -2.57. The molecule has 0 saturated heterocycles. The van der Waals surface area contributed by atoms with E-state index in [1.54, 1.807) is 0 Å². The summed E-state index contributed by atoms with van der Waals surface area (Å²) in [4.78, 5) is 26.5. The zero-order valence-corrected chi connectivity index (χ0v) is 10.5. The van der Waals surface area contributed by atoms with E-state index in [-0.39, 0.29) is 16.7 Å². The Morgan fingerprint density at radius 3 is 2.45 bits per heavy atom. The van der Waals surface area contributed by atoms with Crippen LogP contribution in [0.2, 0.25) is 0 Å². The fourth-order valence-corrected chi connectivity index (χ4v) is 1.85. The minimum Gasteiger partial charge on any atom is -0.478 e. The van der Waals surface area contributed by atoms with Gasteiger partial charge in [-0.2, -0.15) is 4.39 Å². The normalized spacial score (nSPS) is 10.1. The molecule has 0 radical (unpaired) electrons. The number of ether oxygens (including phenoxy) is 1. The molecule has 2 aromatic rings. The zero-order valence-electron chi connectivity index (χ0n) is 10.5. The van der Waals surface area contributed by atoms with E-state index in [4.69, 9.17) is 0 Å².